The maximum absolute atomic E-state index is 13.9. The average Bonchev–Trinajstić information content (AvgIpc) is 2.92. The van der Waals surface area contributed by atoms with E-state index in [1.165, 1.54) is 11.6 Å². The van der Waals surface area contributed by atoms with Gasteiger partial charge in [-0.15, -0.1) is 0 Å². The molecule has 2 atom stereocenters. The van der Waals surface area contributed by atoms with Crippen LogP contribution >= 0.6 is 11.6 Å². The lowest BCUT2D eigenvalue weighted by atomic mass is 9.87. The van der Waals surface area contributed by atoms with Crippen molar-refractivity contribution >= 4 is 11.6 Å². The van der Waals surface area contributed by atoms with Crippen molar-refractivity contribution < 1.29 is 9.50 Å². The Labute approximate surface area is 141 Å². The number of hydrogen-bond donors (Lipinski definition) is 2. The average molecular weight is 334 g/mol. The molecule has 0 amide bonds. The van der Waals surface area contributed by atoms with E-state index in [9.17, 15) is 9.50 Å². The van der Waals surface area contributed by atoms with E-state index in [-0.39, 0.29) is 17.8 Å². The molecule has 23 heavy (non-hydrogen) atoms. The standard InChI is InChI=1S/C19H21ClFNO/c1-19(12-23)10-16(22-11-19)8-13-2-4-14(5-3-13)17-9-15(20)6-7-18(17)21/h2-7,9,16,22-23H,8,10-12H2,1H3/t16-,19+/m1/s1. The molecule has 0 unspecified atom stereocenters. The molecule has 0 aliphatic carbocycles. The Morgan fingerprint density at radius 3 is 2.65 bits per heavy atom. The van der Waals surface area contributed by atoms with Gasteiger partial charge in [0.05, 0.1) is 0 Å². The highest BCUT2D eigenvalue weighted by molar-refractivity contribution is 6.30. The zero-order chi connectivity index (χ0) is 16.4. The third-order valence-electron chi connectivity index (χ3n) is 4.61. The number of nitrogens with one attached hydrogen (secondary N) is 1. The lowest BCUT2D eigenvalue weighted by Crippen LogP contribution is -2.25. The SMILES string of the molecule is C[C@@]1(CO)CN[C@H](Cc2ccc(-c3cc(Cl)ccc3F)cc2)C1. The fourth-order valence-electron chi connectivity index (χ4n) is 3.22. The highest BCUT2D eigenvalue weighted by Gasteiger charge is 2.33. The summed E-state index contributed by atoms with van der Waals surface area (Å²) in [7, 11) is 0. The van der Waals surface area contributed by atoms with Gasteiger partial charge < -0.3 is 10.4 Å². The normalized spacial score (nSPS) is 24.1. The third-order valence-corrected chi connectivity index (χ3v) is 4.85. The highest BCUT2D eigenvalue weighted by Crippen LogP contribution is 2.30. The van der Waals surface area contributed by atoms with E-state index in [0.29, 0.717) is 16.6 Å². The molecule has 0 saturated carbocycles. The van der Waals surface area contributed by atoms with E-state index >= 15 is 0 Å². The Morgan fingerprint density at radius 2 is 2.00 bits per heavy atom. The summed E-state index contributed by atoms with van der Waals surface area (Å²) in [6.07, 6.45) is 1.88. The van der Waals surface area contributed by atoms with Crippen LogP contribution in [0.1, 0.15) is 18.9 Å². The summed E-state index contributed by atoms with van der Waals surface area (Å²) in [5.41, 5.74) is 2.54. The molecule has 2 aromatic carbocycles. The van der Waals surface area contributed by atoms with E-state index in [1.807, 2.05) is 24.3 Å². The van der Waals surface area contributed by atoms with Crippen molar-refractivity contribution in [2.45, 2.75) is 25.8 Å². The van der Waals surface area contributed by atoms with Crippen LogP contribution in [0, 0.1) is 11.2 Å². The molecule has 1 aliphatic rings. The van der Waals surface area contributed by atoms with Crippen molar-refractivity contribution in [3.63, 3.8) is 0 Å². The van der Waals surface area contributed by atoms with Crippen LogP contribution in [-0.2, 0) is 6.42 Å². The molecule has 0 radical (unpaired) electrons. The first-order chi connectivity index (χ1) is 11.0. The lowest BCUT2D eigenvalue weighted by Gasteiger charge is -2.19. The van der Waals surface area contributed by atoms with Crippen LogP contribution in [0.2, 0.25) is 5.02 Å². The summed E-state index contributed by atoms with van der Waals surface area (Å²) in [4.78, 5) is 0. The second-order valence-corrected chi connectivity index (χ2v) is 7.21. The van der Waals surface area contributed by atoms with Crippen molar-refractivity contribution in [3.8, 4) is 11.1 Å². The minimum Gasteiger partial charge on any atom is -0.396 e. The summed E-state index contributed by atoms with van der Waals surface area (Å²) in [6, 6.07) is 12.9. The number of halogens is 2. The topological polar surface area (TPSA) is 32.3 Å². The van der Waals surface area contributed by atoms with Gasteiger partial charge in [0.1, 0.15) is 5.82 Å². The first-order valence-corrected chi connectivity index (χ1v) is 8.25. The highest BCUT2D eigenvalue weighted by atomic mass is 35.5. The zero-order valence-corrected chi connectivity index (χ0v) is 13.9. The van der Waals surface area contributed by atoms with Gasteiger partial charge in [-0.25, -0.2) is 4.39 Å². The summed E-state index contributed by atoms with van der Waals surface area (Å²) in [5.74, 6) is -0.265. The molecule has 122 valence electrons. The number of hydrogen-bond acceptors (Lipinski definition) is 2. The Balaban J connectivity index is 1.72. The van der Waals surface area contributed by atoms with Crippen molar-refractivity contribution in [1.29, 1.82) is 0 Å². The first-order valence-electron chi connectivity index (χ1n) is 7.88. The predicted molar refractivity (Wildman–Crippen MR) is 92.2 cm³/mol. The van der Waals surface area contributed by atoms with Crippen LogP contribution in [-0.4, -0.2) is 24.3 Å². The van der Waals surface area contributed by atoms with E-state index in [1.54, 1.807) is 12.1 Å². The molecule has 0 bridgehead atoms. The number of aliphatic hydroxyl groups excluding tert-OH is 1. The smallest absolute Gasteiger partial charge is 0.131 e. The second kappa shape index (κ2) is 6.60. The Bertz CT molecular complexity index is 688. The molecule has 2 aromatic rings. The summed E-state index contributed by atoms with van der Waals surface area (Å²) in [5, 5.41) is 13.4. The van der Waals surface area contributed by atoms with Gasteiger partial charge in [-0.3, -0.25) is 0 Å². The minimum absolute atomic E-state index is 0.0193. The molecule has 3 rings (SSSR count). The second-order valence-electron chi connectivity index (χ2n) is 6.78. The van der Waals surface area contributed by atoms with Crippen molar-refractivity contribution in [3.05, 3.63) is 58.9 Å². The molecule has 2 nitrogen and oxygen atoms in total. The Kier molecular flexibility index (Phi) is 4.72. The first kappa shape index (κ1) is 16.4. The Morgan fingerprint density at radius 1 is 1.26 bits per heavy atom. The molecule has 1 saturated heterocycles. The monoisotopic (exact) mass is 333 g/mol. The molecule has 4 heteroatoms. The van der Waals surface area contributed by atoms with Crippen LogP contribution in [0.25, 0.3) is 11.1 Å². The third kappa shape index (κ3) is 3.74. The minimum atomic E-state index is -0.265. The summed E-state index contributed by atoms with van der Waals surface area (Å²) < 4.78 is 13.9. The molecule has 1 fully saturated rings. The van der Waals surface area contributed by atoms with Gasteiger partial charge >= 0.3 is 0 Å². The fourth-order valence-corrected chi connectivity index (χ4v) is 3.39. The zero-order valence-electron chi connectivity index (χ0n) is 13.2. The van der Waals surface area contributed by atoms with Crippen LogP contribution in [0.15, 0.2) is 42.5 Å². The summed E-state index contributed by atoms with van der Waals surface area (Å²) >= 11 is 5.96. The van der Waals surface area contributed by atoms with E-state index < -0.39 is 0 Å². The largest absolute Gasteiger partial charge is 0.396 e. The van der Waals surface area contributed by atoms with E-state index in [4.69, 9.17) is 11.6 Å². The van der Waals surface area contributed by atoms with Gasteiger partial charge in [-0.1, -0.05) is 42.8 Å². The maximum Gasteiger partial charge on any atom is 0.131 e. The van der Waals surface area contributed by atoms with Gasteiger partial charge in [-0.05, 0) is 42.2 Å². The Hall–Kier alpha value is -1.42. The van der Waals surface area contributed by atoms with Crippen molar-refractivity contribution in [1.82, 2.24) is 5.32 Å². The number of benzene rings is 2. The fraction of sp³-hybridized carbons (Fsp3) is 0.368. The lowest BCUT2D eigenvalue weighted by molar-refractivity contribution is 0.158. The molecule has 0 aromatic heterocycles. The number of rotatable bonds is 4. The maximum atomic E-state index is 13.9. The molecule has 2 N–H and O–H groups in total. The molecule has 0 spiro atoms. The van der Waals surface area contributed by atoms with Crippen LogP contribution in [0.4, 0.5) is 4.39 Å². The summed E-state index contributed by atoms with van der Waals surface area (Å²) in [6.45, 7) is 3.16. The van der Waals surface area contributed by atoms with Crippen LogP contribution < -0.4 is 5.32 Å². The van der Waals surface area contributed by atoms with Gasteiger partial charge in [0.15, 0.2) is 0 Å². The predicted octanol–water partition coefficient (Wildman–Crippen LogP) is 4.05. The van der Waals surface area contributed by atoms with Crippen molar-refractivity contribution in [2.24, 2.45) is 5.41 Å². The molecular weight excluding hydrogens is 313 g/mol. The molecular formula is C19H21ClFNO. The van der Waals surface area contributed by atoms with Gasteiger partial charge in [0.25, 0.3) is 0 Å². The molecule has 1 aliphatic heterocycles. The quantitative estimate of drug-likeness (QED) is 0.884. The van der Waals surface area contributed by atoms with Gasteiger partial charge in [0.2, 0.25) is 0 Å². The molecule has 1 heterocycles. The van der Waals surface area contributed by atoms with Gasteiger partial charge in [0, 0.05) is 35.2 Å². The van der Waals surface area contributed by atoms with Gasteiger partial charge in [-0.2, -0.15) is 0 Å². The van der Waals surface area contributed by atoms with Crippen molar-refractivity contribution in [2.75, 3.05) is 13.2 Å². The van der Waals surface area contributed by atoms with Crippen LogP contribution in [0.3, 0.4) is 0 Å². The van der Waals surface area contributed by atoms with Crippen LogP contribution in [0.5, 0.6) is 0 Å². The van der Waals surface area contributed by atoms with E-state index in [0.717, 1.165) is 24.9 Å². The number of aliphatic hydroxyl groups is 1. The van der Waals surface area contributed by atoms with E-state index in [2.05, 4.69) is 12.2 Å².